The largest absolute Gasteiger partial charge is 0.114 e. The van der Waals surface area contributed by atoms with Gasteiger partial charge in [-0.05, 0) is 121 Å². The van der Waals surface area contributed by atoms with Crippen LogP contribution in [-0.2, 0) is 0 Å². The molecule has 0 aromatic heterocycles. The predicted octanol–water partition coefficient (Wildman–Crippen LogP) is 10.5. The van der Waals surface area contributed by atoms with Crippen LogP contribution in [0.25, 0.3) is 108 Å². The maximum Gasteiger partial charge on any atom is 0.114 e. The molecule has 0 amide bonds. The third-order valence-corrected chi connectivity index (χ3v) is 10.9. The highest BCUT2D eigenvalue weighted by Gasteiger charge is 2.27. The Labute approximate surface area is 274 Å². The van der Waals surface area contributed by atoms with Crippen LogP contribution in [0, 0.1) is 6.92 Å². The Balaban J connectivity index is 1.51. The van der Waals surface area contributed by atoms with Gasteiger partial charge >= 0.3 is 0 Å². The standard InChI is InChI=1S/C45H24B2/c1-23-20-32-28-16-8-14-26(24-10-4-2-5-11-24)38(28)31-19-18-30-35(46)21-33-29-17-9-15-27(25-12-6-3-7-13-25)39(29)34-22-36(47)37(23)45-43(32)41(31)40(30)42(33)44(34)45/h2-22H,1H3. The summed E-state index contributed by atoms with van der Waals surface area (Å²) in [5.74, 6) is 0. The SMILES string of the molecule is [B]c1cc2c3cccc(-c4ccccc4)c3c3cc([B])c4c(C)cc5c6cccc(-c7ccccc7)c6c6ccc1c1c6c5c4c3c21. The second kappa shape index (κ2) is 8.81. The maximum absolute atomic E-state index is 7.14. The monoisotopic (exact) mass is 586 g/mol. The second-order valence-corrected chi connectivity index (χ2v) is 13.2. The highest BCUT2D eigenvalue weighted by Crippen LogP contribution is 2.54. The second-order valence-electron chi connectivity index (χ2n) is 13.2. The molecule has 0 aliphatic carbocycles. The van der Waals surface area contributed by atoms with Crippen LogP contribution in [0.1, 0.15) is 5.56 Å². The Hall–Kier alpha value is -5.59. The molecule has 11 aromatic carbocycles. The minimum atomic E-state index is 0.812. The van der Waals surface area contributed by atoms with E-state index in [0.717, 1.165) is 21.7 Å². The fraction of sp³-hybridized carbons (Fsp3) is 0.0222. The first-order valence-electron chi connectivity index (χ1n) is 16.3. The van der Waals surface area contributed by atoms with Crippen molar-refractivity contribution in [3.05, 3.63) is 133 Å². The summed E-state index contributed by atoms with van der Waals surface area (Å²) in [6.07, 6.45) is 0. The smallest absolute Gasteiger partial charge is 0.0883 e. The molecule has 2 heteroatoms. The Morgan fingerprint density at radius 1 is 0.319 bits per heavy atom. The molecule has 0 aliphatic rings. The third-order valence-electron chi connectivity index (χ3n) is 10.9. The molecule has 0 unspecified atom stereocenters. The molecule has 0 bridgehead atoms. The van der Waals surface area contributed by atoms with E-state index in [1.807, 2.05) is 0 Å². The lowest BCUT2D eigenvalue weighted by molar-refractivity contribution is 1.58. The van der Waals surface area contributed by atoms with Crippen molar-refractivity contribution in [1.82, 2.24) is 0 Å². The van der Waals surface area contributed by atoms with Crippen molar-refractivity contribution < 1.29 is 0 Å². The fourth-order valence-electron chi connectivity index (χ4n) is 9.14. The van der Waals surface area contributed by atoms with Crippen LogP contribution in [0.2, 0.25) is 0 Å². The number of aryl methyl sites for hydroxylation is 1. The molecule has 0 N–H and O–H groups in total. The van der Waals surface area contributed by atoms with Gasteiger partial charge in [-0.25, -0.2) is 0 Å². The molecule has 0 saturated heterocycles. The molecule has 0 spiro atoms. The van der Waals surface area contributed by atoms with Gasteiger partial charge in [-0.3, -0.25) is 0 Å². The summed E-state index contributed by atoms with van der Waals surface area (Å²) in [4.78, 5) is 0. The molecular weight excluding hydrogens is 562 g/mol. The van der Waals surface area contributed by atoms with E-state index in [4.69, 9.17) is 15.7 Å². The Morgan fingerprint density at radius 2 is 0.809 bits per heavy atom. The Kier molecular flexibility index (Phi) is 4.80. The molecule has 11 rings (SSSR count). The highest BCUT2D eigenvalue weighted by atomic mass is 14.3. The molecule has 0 fully saturated rings. The number of hydrogen-bond donors (Lipinski definition) is 0. The first-order chi connectivity index (χ1) is 23.1. The molecule has 0 atom stereocenters. The third kappa shape index (κ3) is 3.07. The van der Waals surface area contributed by atoms with Crippen molar-refractivity contribution in [1.29, 1.82) is 0 Å². The lowest BCUT2D eigenvalue weighted by Crippen LogP contribution is -2.10. The average molecular weight is 586 g/mol. The van der Waals surface area contributed by atoms with E-state index in [1.54, 1.807) is 0 Å². The number of benzene rings is 11. The molecule has 4 radical (unpaired) electrons. The van der Waals surface area contributed by atoms with Crippen LogP contribution < -0.4 is 10.9 Å². The van der Waals surface area contributed by atoms with E-state index < -0.39 is 0 Å². The van der Waals surface area contributed by atoms with Crippen LogP contribution in [0.15, 0.2) is 127 Å². The molecule has 47 heavy (non-hydrogen) atoms. The minimum Gasteiger partial charge on any atom is -0.0883 e. The first kappa shape index (κ1) is 25.6. The van der Waals surface area contributed by atoms with Crippen molar-refractivity contribution in [2.45, 2.75) is 6.92 Å². The zero-order valence-corrected chi connectivity index (χ0v) is 25.8. The van der Waals surface area contributed by atoms with Crippen LogP contribution in [0.4, 0.5) is 0 Å². The summed E-state index contributed by atoms with van der Waals surface area (Å²) in [5.41, 5.74) is 7.71. The van der Waals surface area contributed by atoms with Gasteiger partial charge in [0.2, 0.25) is 0 Å². The number of rotatable bonds is 2. The highest BCUT2D eigenvalue weighted by molar-refractivity contribution is 6.57. The molecular formula is C45H24B2. The Morgan fingerprint density at radius 3 is 1.47 bits per heavy atom. The summed E-state index contributed by atoms with van der Waals surface area (Å²) in [5, 5.41) is 19.9. The van der Waals surface area contributed by atoms with E-state index in [-0.39, 0.29) is 0 Å². The average Bonchev–Trinajstić information content (AvgIpc) is 3.11. The Bertz CT molecular complexity index is 3070. The summed E-state index contributed by atoms with van der Waals surface area (Å²) in [7, 11) is 14.2. The predicted molar refractivity (Wildman–Crippen MR) is 206 cm³/mol. The van der Waals surface area contributed by atoms with Crippen molar-refractivity contribution in [3.8, 4) is 22.3 Å². The summed E-state index contributed by atoms with van der Waals surface area (Å²) in [6, 6.07) is 46.4. The van der Waals surface area contributed by atoms with Crippen LogP contribution >= 0.6 is 0 Å². The van der Waals surface area contributed by atoms with E-state index in [9.17, 15) is 0 Å². The van der Waals surface area contributed by atoms with E-state index in [2.05, 4.69) is 134 Å². The quantitative estimate of drug-likeness (QED) is 0.107. The topological polar surface area (TPSA) is 0 Å². The lowest BCUT2D eigenvalue weighted by Gasteiger charge is -2.27. The first-order valence-corrected chi connectivity index (χ1v) is 16.3. The van der Waals surface area contributed by atoms with Crippen LogP contribution in [0.3, 0.4) is 0 Å². The molecule has 11 aromatic rings. The van der Waals surface area contributed by atoms with Gasteiger partial charge in [0.1, 0.15) is 15.7 Å². The van der Waals surface area contributed by atoms with E-state index in [1.165, 1.54) is 103 Å². The van der Waals surface area contributed by atoms with Gasteiger partial charge in [-0.2, -0.15) is 0 Å². The molecule has 0 nitrogen and oxygen atoms in total. The molecule has 0 saturated carbocycles. The van der Waals surface area contributed by atoms with Gasteiger partial charge in [0.15, 0.2) is 0 Å². The number of hydrogen-bond acceptors (Lipinski definition) is 0. The fourth-order valence-corrected chi connectivity index (χ4v) is 9.14. The van der Waals surface area contributed by atoms with Gasteiger partial charge < -0.3 is 0 Å². The van der Waals surface area contributed by atoms with Gasteiger partial charge in [0.25, 0.3) is 0 Å². The van der Waals surface area contributed by atoms with Crippen molar-refractivity contribution in [2.24, 2.45) is 0 Å². The van der Waals surface area contributed by atoms with E-state index in [0.29, 0.717) is 0 Å². The maximum atomic E-state index is 7.14. The van der Waals surface area contributed by atoms with Crippen molar-refractivity contribution in [3.63, 3.8) is 0 Å². The molecule has 0 aliphatic heterocycles. The van der Waals surface area contributed by atoms with Crippen LogP contribution in [-0.4, -0.2) is 15.7 Å². The van der Waals surface area contributed by atoms with Gasteiger partial charge in [0, 0.05) is 0 Å². The van der Waals surface area contributed by atoms with Gasteiger partial charge in [-0.15, -0.1) is 0 Å². The molecule has 0 heterocycles. The van der Waals surface area contributed by atoms with Crippen molar-refractivity contribution >= 4 is 113 Å². The number of fused-ring (bicyclic) bond motifs is 6. The summed E-state index contributed by atoms with van der Waals surface area (Å²) < 4.78 is 0. The normalized spacial score (nSPS) is 12.5. The van der Waals surface area contributed by atoms with E-state index >= 15 is 0 Å². The lowest BCUT2D eigenvalue weighted by atomic mass is 9.73. The van der Waals surface area contributed by atoms with Crippen LogP contribution in [0.5, 0.6) is 0 Å². The minimum absolute atomic E-state index is 0.812. The van der Waals surface area contributed by atoms with Gasteiger partial charge in [0.05, 0.1) is 0 Å². The zero-order valence-electron chi connectivity index (χ0n) is 25.8. The summed E-state index contributed by atoms with van der Waals surface area (Å²) >= 11 is 0. The van der Waals surface area contributed by atoms with Crippen molar-refractivity contribution in [2.75, 3.05) is 0 Å². The zero-order chi connectivity index (χ0) is 31.1. The van der Waals surface area contributed by atoms with Gasteiger partial charge in [-0.1, -0.05) is 138 Å². The summed E-state index contributed by atoms with van der Waals surface area (Å²) in [6.45, 7) is 2.22. The molecule has 210 valence electrons.